The Balaban J connectivity index is 2.53. The van der Waals surface area contributed by atoms with Gasteiger partial charge in [-0.2, -0.15) is 0 Å². The maximum atomic E-state index is 12.0. The van der Waals surface area contributed by atoms with E-state index in [1.54, 1.807) is 6.08 Å². The van der Waals surface area contributed by atoms with Crippen LogP contribution in [-0.2, 0) is 19.9 Å². The summed E-state index contributed by atoms with van der Waals surface area (Å²) >= 11 is 0.720. The van der Waals surface area contributed by atoms with Crippen LogP contribution in [0.3, 0.4) is 0 Å². The van der Waals surface area contributed by atoms with Crippen LogP contribution in [0, 0.1) is 0 Å². The Bertz CT molecular complexity index is 703. The molecule has 0 aromatic carbocycles. The zero-order valence-corrected chi connectivity index (χ0v) is 12.4. The highest BCUT2D eigenvalue weighted by atomic mass is 32.3. The summed E-state index contributed by atoms with van der Waals surface area (Å²) in [5.41, 5.74) is 0.488. The van der Waals surface area contributed by atoms with Crippen molar-refractivity contribution in [2.45, 2.75) is 20.9 Å². The summed E-state index contributed by atoms with van der Waals surface area (Å²) in [5, 5.41) is 8.17. The maximum absolute atomic E-state index is 12.0. The van der Waals surface area contributed by atoms with Gasteiger partial charge in [0.25, 0.3) is 0 Å². The minimum atomic E-state index is -3.88. The van der Waals surface area contributed by atoms with Gasteiger partial charge in [0, 0.05) is 18.2 Å². The van der Waals surface area contributed by atoms with E-state index in [2.05, 4.69) is 11.9 Å². The highest BCUT2D eigenvalue weighted by molar-refractivity contribution is 7.95. The first kappa shape index (κ1) is 14.7. The van der Waals surface area contributed by atoms with Gasteiger partial charge in [-0.15, -0.1) is 17.9 Å². The zero-order valence-electron chi connectivity index (χ0n) is 10.00. The second-order valence-electron chi connectivity index (χ2n) is 4.21. The second-order valence-corrected chi connectivity index (χ2v) is 9.36. The molecule has 19 heavy (non-hydrogen) atoms. The van der Waals surface area contributed by atoms with Gasteiger partial charge < -0.3 is 5.32 Å². The molecule has 1 aromatic rings. The van der Waals surface area contributed by atoms with Gasteiger partial charge >= 0.3 is 0 Å². The van der Waals surface area contributed by atoms with E-state index < -0.39 is 19.9 Å². The first-order valence-electron chi connectivity index (χ1n) is 5.49. The van der Waals surface area contributed by atoms with E-state index in [1.165, 1.54) is 6.07 Å². The van der Waals surface area contributed by atoms with Crippen molar-refractivity contribution >= 4 is 31.2 Å². The Hall–Kier alpha value is -0.740. The predicted octanol–water partition coefficient (Wildman–Crippen LogP) is 0.390. The lowest BCUT2D eigenvalue weighted by Gasteiger charge is -2.22. The van der Waals surface area contributed by atoms with E-state index in [0.717, 1.165) is 11.3 Å². The summed E-state index contributed by atoms with van der Waals surface area (Å²) in [6.07, 6.45) is 2.07. The van der Waals surface area contributed by atoms with Crippen LogP contribution in [0.4, 0.5) is 0 Å². The molecule has 0 saturated carbocycles. The Kier molecular flexibility index (Phi) is 3.85. The largest absolute Gasteiger partial charge is 0.306 e. The lowest BCUT2D eigenvalue weighted by molar-refractivity contribution is 0.518. The highest BCUT2D eigenvalue weighted by Gasteiger charge is 2.34. The van der Waals surface area contributed by atoms with Gasteiger partial charge in [0.15, 0.2) is 9.84 Å². The van der Waals surface area contributed by atoms with Crippen LogP contribution in [0.5, 0.6) is 0 Å². The van der Waals surface area contributed by atoms with Crippen molar-refractivity contribution in [3.05, 3.63) is 24.3 Å². The van der Waals surface area contributed by atoms with E-state index in [1.807, 2.05) is 0 Å². The van der Waals surface area contributed by atoms with Gasteiger partial charge in [-0.05, 0) is 12.5 Å². The van der Waals surface area contributed by atoms with Crippen molar-refractivity contribution in [1.29, 1.82) is 0 Å². The second kappa shape index (κ2) is 4.98. The number of primary sulfonamides is 1. The number of thiophene rings is 1. The molecule has 0 amide bonds. The van der Waals surface area contributed by atoms with Gasteiger partial charge in [0.05, 0.1) is 5.75 Å². The molecule has 1 aliphatic heterocycles. The van der Waals surface area contributed by atoms with Crippen LogP contribution in [0.15, 0.2) is 27.1 Å². The Morgan fingerprint density at radius 2 is 2.26 bits per heavy atom. The van der Waals surface area contributed by atoms with Crippen LogP contribution in [0.2, 0.25) is 0 Å². The fraction of sp³-hybridized carbons (Fsp3) is 0.400. The molecule has 6 nitrogen and oxygen atoms in total. The fourth-order valence-corrected chi connectivity index (χ4v) is 6.12. The van der Waals surface area contributed by atoms with Gasteiger partial charge in [-0.1, -0.05) is 6.08 Å². The highest BCUT2D eigenvalue weighted by Crippen LogP contribution is 2.39. The van der Waals surface area contributed by atoms with E-state index in [9.17, 15) is 16.8 Å². The lowest BCUT2D eigenvalue weighted by atomic mass is 10.1. The fourth-order valence-electron chi connectivity index (χ4n) is 1.95. The van der Waals surface area contributed by atoms with Crippen LogP contribution < -0.4 is 10.5 Å². The lowest BCUT2D eigenvalue weighted by Crippen LogP contribution is -2.28. The molecular formula is C10H14N2O4S3. The van der Waals surface area contributed by atoms with Crippen LogP contribution in [-0.4, -0.2) is 29.1 Å². The topological polar surface area (TPSA) is 106 Å². The monoisotopic (exact) mass is 322 g/mol. The summed E-state index contributed by atoms with van der Waals surface area (Å²) in [5.74, 6) is -0.000613. The molecule has 106 valence electrons. The number of fused-ring (bicyclic) bond motifs is 1. The van der Waals surface area contributed by atoms with Crippen molar-refractivity contribution < 1.29 is 16.8 Å². The van der Waals surface area contributed by atoms with Crippen molar-refractivity contribution in [1.82, 2.24) is 5.32 Å². The first-order valence-corrected chi connectivity index (χ1v) is 9.51. The summed E-state index contributed by atoms with van der Waals surface area (Å²) in [6.45, 7) is 4.10. The van der Waals surface area contributed by atoms with E-state index in [-0.39, 0.29) is 20.2 Å². The quantitative estimate of drug-likeness (QED) is 0.780. The molecule has 0 radical (unpaired) electrons. The first-order chi connectivity index (χ1) is 8.75. The molecule has 9 heteroatoms. The van der Waals surface area contributed by atoms with Gasteiger partial charge in [-0.25, -0.2) is 22.0 Å². The molecule has 1 unspecified atom stereocenters. The van der Waals surface area contributed by atoms with Crippen molar-refractivity contribution in [2.75, 3.05) is 12.3 Å². The van der Waals surface area contributed by atoms with Crippen LogP contribution >= 0.6 is 11.3 Å². The number of hydrogen-bond acceptors (Lipinski definition) is 6. The maximum Gasteiger partial charge on any atom is 0.247 e. The molecule has 2 heterocycles. The molecule has 1 atom stereocenters. The normalized spacial score (nSPS) is 21.8. The summed E-state index contributed by atoms with van der Waals surface area (Å²) in [7, 11) is -7.29. The van der Waals surface area contributed by atoms with Gasteiger partial charge in [0.1, 0.15) is 8.42 Å². The number of nitrogens with one attached hydrogen (secondary N) is 1. The molecule has 0 aliphatic carbocycles. The summed E-state index contributed by atoms with van der Waals surface area (Å²) < 4.78 is 46.6. The van der Waals surface area contributed by atoms with Crippen LogP contribution in [0.1, 0.15) is 18.0 Å². The SMILES string of the molecule is C=CCNC1CCS(=O)(=O)c2sc(S(N)(=O)=O)cc21. The third-order valence-corrected chi connectivity index (χ3v) is 7.78. The predicted molar refractivity (Wildman–Crippen MR) is 73.3 cm³/mol. The van der Waals surface area contributed by atoms with E-state index in [4.69, 9.17) is 5.14 Å². The molecule has 2 rings (SSSR count). The molecule has 0 bridgehead atoms. The van der Waals surface area contributed by atoms with E-state index in [0.29, 0.717) is 18.5 Å². The molecule has 0 spiro atoms. The minimum absolute atomic E-state index is 0.000613. The third kappa shape index (κ3) is 2.90. The molecule has 1 aromatic heterocycles. The molecule has 1 aliphatic rings. The molecular weight excluding hydrogens is 308 g/mol. The number of sulfone groups is 1. The molecule has 0 fully saturated rings. The zero-order chi connectivity index (χ0) is 14.3. The molecule has 0 saturated heterocycles. The minimum Gasteiger partial charge on any atom is -0.306 e. The number of nitrogens with two attached hydrogens (primary N) is 1. The standard InChI is InChI=1S/C10H14N2O4S3/c1-2-4-12-8-3-5-18(13,14)10-7(8)6-9(17-10)19(11,15)16/h2,6,8,12H,1,3-5H2,(H2,11,15,16). The Labute approximate surface area is 116 Å². The van der Waals surface area contributed by atoms with Crippen molar-refractivity contribution in [3.8, 4) is 0 Å². The van der Waals surface area contributed by atoms with Crippen molar-refractivity contribution in [2.24, 2.45) is 5.14 Å². The number of rotatable bonds is 4. The van der Waals surface area contributed by atoms with Gasteiger partial charge in [0.2, 0.25) is 10.0 Å². The van der Waals surface area contributed by atoms with E-state index >= 15 is 0 Å². The number of sulfonamides is 1. The Morgan fingerprint density at radius 3 is 2.84 bits per heavy atom. The summed E-state index contributed by atoms with van der Waals surface area (Å²) in [4.78, 5) is 0. The van der Waals surface area contributed by atoms with Gasteiger partial charge in [-0.3, -0.25) is 0 Å². The average molecular weight is 322 g/mol. The van der Waals surface area contributed by atoms with Crippen LogP contribution in [0.25, 0.3) is 0 Å². The third-order valence-electron chi connectivity index (χ3n) is 2.82. The number of hydrogen-bond donors (Lipinski definition) is 2. The average Bonchev–Trinajstić information content (AvgIpc) is 2.74. The summed E-state index contributed by atoms with van der Waals surface area (Å²) in [6, 6.07) is 1.16. The Morgan fingerprint density at radius 1 is 1.58 bits per heavy atom. The smallest absolute Gasteiger partial charge is 0.247 e. The molecule has 3 N–H and O–H groups in total. The van der Waals surface area contributed by atoms with Crippen molar-refractivity contribution in [3.63, 3.8) is 0 Å².